The van der Waals surface area contributed by atoms with Crippen molar-refractivity contribution in [1.82, 2.24) is 4.90 Å². The number of hydrogen-bond donors (Lipinski definition) is 0. The summed E-state index contributed by atoms with van der Waals surface area (Å²) in [7, 11) is 2.16. The lowest BCUT2D eigenvalue weighted by Gasteiger charge is -2.34. The van der Waals surface area contributed by atoms with Crippen LogP contribution in [0, 0.1) is 0 Å². The topological polar surface area (TPSA) is 30.3 Å². The van der Waals surface area contributed by atoms with E-state index in [0.717, 1.165) is 26.2 Å². The summed E-state index contributed by atoms with van der Waals surface area (Å²) in [5.74, 6) is 0. The molecule has 2 rings (SSSR count). The van der Waals surface area contributed by atoms with Gasteiger partial charge in [-0.3, -0.25) is 0 Å². The minimum absolute atomic E-state index is 0.586. The zero-order valence-electron chi connectivity index (χ0n) is 8.53. The number of hydrogen-bond acceptors (Lipinski definition) is 2. The molecule has 3 nitrogen and oxygen atoms in total. The quantitative estimate of drug-likeness (QED) is 0.679. The number of piperazine rings is 1. The molecule has 14 heavy (non-hydrogen) atoms. The minimum atomic E-state index is 0.586. The van der Waals surface area contributed by atoms with E-state index in [4.69, 9.17) is 5.73 Å². The first kappa shape index (κ1) is 9.34. The van der Waals surface area contributed by atoms with Gasteiger partial charge in [-0.05, 0) is 19.2 Å². The standard InChI is InChI=1S/C11H16N3/c1-13-6-8-14(9-7-13)11-4-2-10(12)3-5-11/h2-5,12H,6-9H2,1H3/q-1. The molecular weight excluding hydrogens is 174 g/mol. The molecule has 76 valence electrons. The minimum Gasteiger partial charge on any atom is -0.699 e. The van der Waals surface area contributed by atoms with Crippen molar-refractivity contribution >= 4 is 11.4 Å². The largest absolute Gasteiger partial charge is 0.699 e. The Kier molecular flexibility index (Phi) is 2.59. The van der Waals surface area contributed by atoms with E-state index in [2.05, 4.69) is 16.8 Å². The van der Waals surface area contributed by atoms with Crippen molar-refractivity contribution in [3.05, 3.63) is 30.0 Å². The van der Waals surface area contributed by atoms with Gasteiger partial charge >= 0.3 is 0 Å². The predicted molar refractivity (Wildman–Crippen MR) is 60.1 cm³/mol. The van der Waals surface area contributed by atoms with Crippen molar-refractivity contribution in [3.63, 3.8) is 0 Å². The Morgan fingerprint density at radius 2 is 1.57 bits per heavy atom. The molecule has 0 aliphatic carbocycles. The van der Waals surface area contributed by atoms with Gasteiger partial charge in [-0.1, -0.05) is 12.1 Å². The first-order chi connectivity index (χ1) is 6.75. The van der Waals surface area contributed by atoms with Crippen LogP contribution in [-0.4, -0.2) is 38.1 Å². The van der Waals surface area contributed by atoms with Gasteiger partial charge in [0.05, 0.1) is 0 Å². The van der Waals surface area contributed by atoms with Crippen LogP contribution in [0.3, 0.4) is 0 Å². The first-order valence-corrected chi connectivity index (χ1v) is 5.01. The van der Waals surface area contributed by atoms with Gasteiger partial charge in [0.25, 0.3) is 0 Å². The molecular formula is C11H16N3-. The van der Waals surface area contributed by atoms with Gasteiger partial charge in [-0.25, -0.2) is 0 Å². The van der Waals surface area contributed by atoms with Crippen molar-refractivity contribution in [3.8, 4) is 0 Å². The van der Waals surface area contributed by atoms with Crippen LogP contribution in [0.2, 0.25) is 0 Å². The van der Waals surface area contributed by atoms with E-state index in [1.807, 2.05) is 24.3 Å². The highest BCUT2D eigenvalue weighted by Crippen LogP contribution is 2.19. The molecule has 1 aliphatic heterocycles. The van der Waals surface area contributed by atoms with Gasteiger partial charge in [0.1, 0.15) is 0 Å². The van der Waals surface area contributed by atoms with Crippen molar-refractivity contribution in [1.29, 1.82) is 0 Å². The number of anilines is 1. The van der Waals surface area contributed by atoms with Gasteiger partial charge in [0, 0.05) is 31.9 Å². The molecule has 0 bridgehead atoms. The van der Waals surface area contributed by atoms with Crippen molar-refractivity contribution in [2.24, 2.45) is 0 Å². The van der Waals surface area contributed by atoms with Crippen LogP contribution >= 0.6 is 0 Å². The van der Waals surface area contributed by atoms with E-state index in [1.165, 1.54) is 5.69 Å². The third-order valence-electron chi connectivity index (χ3n) is 2.74. The summed E-state index contributed by atoms with van der Waals surface area (Å²) in [5, 5.41) is 0. The molecule has 1 fully saturated rings. The molecule has 1 heterocycles. The molecule has 1 aromatic rings. The maximum Gasteiger partial charge on any atom is 0.0366 e. The summed E-state index contributed by atoms with van der Waals surface area (Å²) in [6, 6.07) is 7.78. The van der Waals surface area contributed by atoms with Crippen LogP contribution in [0.5, 0.6) is 0 Å². The van der Waals surface area contributed by atoms with Gasteiger partial charge < -0.3 is 15.5 Å². The van der Waals surface area contributed by atoms with E-state index in [1.54, 1.807) is 0 Å². The fourth-order valence-electron chi connectivity index (χ4n) is 1.74. The normalized spacial score (nSPS) is 18.5. The summed E-state index contributed by atoms with van der Waals surface area (Å²) in [5.41, 5.74) is 9.24. The zero-order chi connectivity index (χ0) is 9.97. The van der Waals surface area contributed by atoms with Gasteiger partial charge in [-0.2, -0.15) is 0 Å². The van der Waals surface area contributed by atoms with Gasteiger partial charge in [0.15, 0.2) is 0 Å². The maximum absolute atomic E-state index is 7.41. The molecule has 1 aromatic carbocycles. The van der Waals surface area contributed by atoms with Crippen LogP contribution < -0.4 is 4.90 Å². The van der Waals surface area contributed by atoms with Crippen LogP contribution in [0.15, 0.2) is 24.3 Å². The van der Waals surface area contributed by atoms with E-state index in [9.17, 15) is 0 Å². The molecule has 1 aliphatic rings. The third-order valence-corrected chi connectivity index (χ3v) is 2.74. The lowest BCUT2D eigenvalue weighted by Crippen LogP contribution is -2.44. The Morgan fingerprint density at radius 1 is 1.00 bits per heavy atom. The molecule has 3 heteroatoms. The molecule has 1 saturated heterocycles. The average molecular weight is 190 g/mol. The van der Waals surface area contributed by atoms with E-state index in [-0.39, 0.29) is 0 Å². The van der Waals surface area contributed by atoms with Gasteiger partial charge in [-0.15, -0.1) is 5.69 Å². The summed E-state index contributed by atoms with van der Waals surface area (Å²) < 4.78 is 0. The molecule has 0 amide bonds. The predicted octanol–water partition coefficient (Wildman–Crippen LogP) is 2.12. The van der Waals surface area contributed by atoms with E-state index >= 15 is 0 Å². The second-order valence-corrected chi connectivity index (χ2v) is 3.84. The number of nitrogens with one attached hydrogen (secondary N) is 1. The zero-order valence-corrected chi connectivity index (χ0v) is 8.53. The fraction of sp³-hybridized carbons (Fsp3) is 0.455. The number of benzene rings is 1. The fourth-order valence-corrected chi connectivity index (χ4v) is 1.74. The highest BCUT2D eigenvalue weighted by atomic mass is 15.2. The van der Waals surface area contributed by atoms with E-state index in [0.29, 0.717) is 5.69 Å². The molecule has 0 atom stereocenters. The van der Waals surface area contributed by atoms with Crippen LogP contribution in [0.1, 0.15) is 0 Å². The second-order valence-electron chi connectivity index (χ2n) is 3.84. The number of nitrogens with zero attached hydrogens (tertiary/aromatic N) is 2. The van der Waals surface area contributed by atoms with Crippen molar-refractivity contribution in [2.45, 2.75) is 0 Å². The van der Waals surface area contributed by atoms with Gasteiger partial charge in [0.2, 0.25) is 0 Å². The Bertz CT molecular complexity index is 286. The highest BCUT2D eigenvalue weighted by Gasteiger charge is 2.13. The van der Waals surface area contributed by atoms with Crippen molar-refractivity contribution < 1.29 is 0 Å². The Morgan fingerprint density at radius 3 is 2.14 bits per heavy atom. The summed E-state index contributed by atoms with van der Waals surface area (Å²) in [6.45, 7) is 4.44. The summed E-state index contributed by atoms with van der Waals surface area (Å²) in [4.78, 5) is 4.72. The number of rotatable bonds is 1. The third kappa shape index (κ3) is 1.99. The summed E-state index contributed by atoms with van der Waals surface area (Å²) >= 11 is 0. The summed E-state index contributed by atoms with van der Waals surface area (Å²) in [6.07, 6.45) is 0. The molecule has 0 spiro atoms. The Labute approximate surface area is 85.1 Å². The highest BCUT2D eigenvalue weighted by molar-refractivity contribution is 5.55. The smallest absolute Gasteiger partial charge is 0.0366 e. The SMILES string of the molecule is CN1CCN(c2ccc([NH-])cc2)CC1. The second kappa shape index (κ2) is 3.88. The first-order valence-electron chi connectivity index (χ1n) is 5.01. The lowest BCUT2D eigenvalue weighted by molar-refractivity contribution is 0.313. The molecule has 0 saturated carbocycles. The Balaban J connectivity index is 2.05. The monoisotopic (exact) mass is 190 g/mol. The molecule has 0 unspecified atom stereocenters. The van der Waals surface area contributed by atoms with Crippen molar-refractivity contribution in [2.75, 3.05) is 38.1 Å². The average Bonchev–Trinajstić information content (AvgIpc) is 2.21. The number of likely N-dealkylation sites (N-methyl/N-ethyl adjacent to an activating group) is 1. The lowest BCUT2D eigenvalue weighted by atomic mass is 10.2. The molecule has 0 aromatic heterocycles. The Hall–Kier alpha value is -1.22. The maximum atomic E-state index is 7.41. The molecule has 0 radical (unpaired) electrons. The van der Waals surface area contributed by atoms with E-state index < -0.39 is 0 Å². The van der Waals surface area contributed by atoms with Crippen LogP contribution in [-0.2, 0) is 0 Å². The van der Waals surface area contributed by atoms with Crippen LogP contribution in [0.25, 0.3) is 5.73 Å². The van der Waals surface area contributed by atoms with Crippen LogP contribution in [0.4, 0.5) is 11.4 Å². The molecule has 1 N–H and O–H groups in total.